The molecule has 0 saturated heterocycles. The third kappa shape index (κ3) is 3.43. The van der Waals surface area contributed by atoms with Crippen molar-refractivity contribution in [1.82, 2.24) is 9.78 Å². The predicted molar refractivity (Wildman–Crippen MR) is 90.6 cm³/mol. The summed E-state index contributed by atoms with van der Waals surface area (Å²) in [5, 5.41) is 4.12. The number of aromatic nitrogens is 2. The molecule has 24 heavy (non-hydrogen) atoms. The van der Waals surface area contributed by atoms with Crippen LogP contribution in [0.1, 0.15) is 34.1 Å². The van der Waals surface area contributed by atoms with Gasteiger partial charge in [0.1, 0.15) is 5.56 Å². The molecule has 0 aliphatic heterocycles. The zero-order chi connectivity index (χ0) is 18.1. The van der Waals surface area contributed by atoms with Gasteiger partial charge in [-0.05, 0) is 39.3 Å². The molecule has 0 saturated carbocycles. The van der Waals surface area contributed by atoms with Gasteiger partial charge in [-0.1, -0.05) is 17.7 Å². The number of benzene rings is 1. The van der Waals surface area contributed by atoms with Gasteiger partial charge >= 0.3 is 5.97 Å². The second-order valence-electron chi connectivity index (χ2n) is 5.53. The number of nitrogens with one attached hydrogen (secondary N) is 1. The molecule has 1 aromatic heterocycles. The molecule has 0 radical (unpaired) electrons. The fourth-order valence-corrected chi connectivity index (χ4v) is 3.83. The largest absolute Gasteiger partial charge is 0.462 e. The molecule has 2 aromatic rings. The maximum absolute atomic E-state index is 12.7. The Labute approximate surface area is 141 Å². The molecule has 0 spiro atoms. The van der Waals surface area contributed by atoms with Crippen LogP contribution in [0.4, 0.5) is 5.82 Å². The summed E-state index contributed by atoms with van der Waals surface area (Å²) >= 11 is 0. The van der Waals surface area contributed by atoms with Crippen LogP contribution in [0, 0.1) is 20.8 Å². The predicted octanol–water partition coefficient (Wildman–Crippen LogP) is 2.32. The molecule has 2 rings (SSSR count). The molecule has 7 nitrogen and oxygen atoms in total. The Kier molecular flexibility index (Phi) is 4.98. The highest BCUT2D eigenvalue weighted by molar-refractivity contribution is 7.92. The van der Waals surface area contributed by atoms with Gasteiger partial charge < -0.3 is 4.74 Å². The summed E-state index contributed by atoms with van der Waals surface area (Å²) in [6.07, 6.45) is 0. The van der Waals surface area contributed by atoms with Crippen molar-refractivity contribution in [2.24, 2.45) is 7.05 Å². The minimum Gasteiger partial charge on any atom is -0.462 e. The number of ether oxygens (including phenoxy) is 1. The Morgan fingerprint density at radius 1 is 1.29 bits per heavy atom. The molecule has 1 aromatic carbocycles. The topological polar surface area (TPSA) is 90.3 Å². The van der Waals surface area contributed by atoms with Crippen molar-refractivity contribution in [2.45, 2.75) is 32.6 Å². The van der Waals surface area contributed by atoms with Crippen molar-refractivity contribution in [3.63, 3.8) is 0 Å². The van der Waals surface area contributed by atoms with Crippen LogP contribution in [0.2, 0.25) is 0 Å². The van der Waals surface area contributed by atoms with Gasteiger partial charge in [-0.25, -0.2) is 13.2 Å². The van der Waals surface area contributed by atoms with E-state index in [1.165, 1.54) is 4.68 Å². The molecule has 130 valence electrons. The van der Waals surface area contributed by atoms with E-state index in [0.717, 1.165) is 5.56 Å². The van der Waals surface area contributed by atoms with Gasteiger partial charge in [-0.15, -0.1) is 0 Å². The monoisotopic (exact) mass is 351 g/mol. The quantitative estimate of drug-likeness (QED) is 0.835. The number of sulfonamides is 1. The molecule has 0 amide bonds. The minimum absolute atomic E-state index is 0.0888. The normalized spacial score (nSPS) is 11.4. The highest BCUT2D eigenvalue weighted by Crippen LogP contribution is 2.25. The minimum atomic E-state index is -3.86. The lowest BCUT2D eigenvalue weighted by Gasteiger charge is -2.12. The molecule has 0 bridgehead atoms. The smallest absolute Gasteiger partial charge is 0.343 e. The van der Waals surface area contributed by atoms with Crippen LogP contribution >= 0.6 is 0 Å². The van der Waals surface area contributed by atoms with Crippen molar-refractivity contribution in [3.8, 4) is 0 Å². The lowest BCUT2D eigenvalue weighted by Crippen LogP contribution is -2.19. The third-order valence-electron chi connectivity index (χ3n) is 3.55. The second kappa shape index (κ2) is 6.64. The number of esters is 1. The van der Waals surface area contributed by atoms with E-state index in [4.69, 9.17) is 4.74 Å². The van der Waals surface area contributed by atoms with Gasteiger partial charge in [0.05, 0.1) is 17.2 Å². The molecule has 0 aliphatic carbocycles. The molecule has 8 heteroatoms. The Morgan fingerprint density at radius 2 is 1.96 bits per heavy atom. The van der Waals surface area contributed by atoms with Gasteiger partial charge in [-0.2, -0.15) is 5.10 Å². The molecule has 0 atom stereocenters. The first-order valence-electron chi connectivity index (χ1n) is 7.48. The SMILES string of the molecule is CCOC(=O)c1c(C)nn(C)c1NS(=O)(=O)c1ccc(C)cc1C. The first-order valence-corrected chi connectivity index (χ1v) is 8.96. The molecule has 0 unspecified atom stereocenters. The Balaban J connectivity index is 2.49. The van der Waals surface area contributed by atoms with Gasteiger partial charge in [-0.3, -0.25) is 9.40 Å². The van der Waals surface area contributed by atoms with E-state index >= 15 is 0 Å². The molecule has 1 heterocycles. The van der Waals surface area contributed by atoms with Crippen molar-refractivity contribution in [3.05, 3.63) is 40.6 Å². The third-order valence-corrected chi connectivity index (χ3v) is 5.05. The summed E-state index contributed by atoms with van der Waals surface area (Å²) in [5.74, 6) is -0.521. The summed E-state index contributed by atoms with van der Waals surface area (Å²) in [5.41, 5.74) is 2.11. The van der Waals surface area contributed by atoms with E-state index in [0.29, 0.717) is 11.3 Å². The van der Waals surface area contributed by atoms with Crippen molar-refractivity contribution < 1.29 is 17.9 Å². The van der Waals surface area contributed by atoms with Crippen molar-refractivity contribution in [2.75, 3.05) is 11.3 Å². The summed E-state index contributed by atoms with van der Waals surface area (Å²) in [4.78, 5) is 12.3. The summed E-state index contributed by atoms with van der Waals surface area (Å²) in [6.45, 7) is 7.11. The first-order chi connectivity index (χ1) is 11.2. The van der Waals surface area contributed by atoms with E-state index in [1.807, 2.05) is 6.92 Å². The molecule has 1 N–H and O–H groups in total. The van der Waals surface area contributed by atoms with Crippen LogP contribution in [-0.2, 0) is 21.8 Å². The fourth-order valence-electron chi connectivity index (χ4n) is 2.51. The van der Waals surface area contributed by atoms with Gasteiger partial charge in [0.2, 0.25) is 0 Å². The number of carbonyl (C=O) groups excluding carboxylic acids is 1. The first kappa shape index (κ1) is 18.0. The number of hydrogen-bond acceptors (Lipinski definition) is 5. The highest BCUT2D eigenvalue weighted by Gasteiger charge is 2.26. The number of anilines is 1. The number of aryl methyl sites for hydroxylation is 4. The van der Waals surface area contributed by atoms with Crippen molar-refractivity contribution in [1.29, 1.82) is 0 Å². The van der Waals surface area contributed by atoms with E-state index in [1.54, 1.807) is 46.0 Å². The van der Waals surface area contributed by atoms with Crippen LogP contribution in [0.3, 0.4) is 0 Å². The average Bonchev–Trinajstić information content (AvgIpc) is 2.72. The van der Waals surface area contributed by atoms with Crippen LogP contribution in [-0.4, -0.2) is 30.8 Å². The zero-order valence-electron chi connectivity index (χ0n) is 14.4. The summed E-state index contributed by atoms with van der Waals surface area (Å²) < 4.78 is 34.2. The van der Waals surface area contributed by atoms with Crippen LogP contribution in [0.5, 0.6) is 0 Å². The van der Waals surface area contributed by atoms with Crippen LogP contribution < -0.4 is 4.72 Å². The van der Waals surface area contributed by atoms with E-state index in [9.17, 15) is 13.2 Å². The van der Waals surface area contributed by atoms with Crippen LogP contribution in [0.25, 0.3) is 0 Å². The van der Waals surface area contributed by atoms with Crippen LogP contribution in [0.15, 0.2) is 23.1 Å². The molecular weight excluding hydrogens is 330 g/mol. The van der Waals surface area contributed by atoms with E-state index in [-0.39, 0.29) is 22.9 Å². The standard InChI is InChI=1S/C16H21N3O4S/c1-6-23-16(20)14-12(4)17-19(5)15(14)18-24(21,22)13-8-7-10(2)9-11(13)3/h7-9,18H,6H2,1-5H3. The summed E-state index contributed by atoms with van der Waals surface area (Å²) in [6, 6.07) is 5.05. The average molecular weight is 351 g/mol. The van der Waals surface area contributed by atoms with E-state index in [2.05, 4.69) is 9.82 Å². The Morgan fingerprint density at radius 3 is 2.54 bits per heavy atom. The lowest BCUT2D eigenvalue weighted by molar-refractivity contribution is 0.0526. The van der Waals surface area contributed by atoms with E-state index < -0.39 is 16.0 Å². The highest BCUT2D eigenvalue weighted by atomic mass is 32.2. The van der Waals surface area contributed by atoms with Gasteiger partial charge in [0.25, 0.3) is 10.0 Å². The number of rotatable bonds is 5. The van der Waals surface area contributed by atoms with Gasteiger partial charge in [0, 0.05) is 7.05 Å². The Bertz CT molecular complexity index is 885. The fraction of sp³-hybridized carbons (Fsp3) is 0.375. The maximum atomic E-state index is 12.7. The molecular formula is C16H21N3O4S. The second-order valence-corrected chi connectivity index (χ2v) is 7.18. The number of carbonyl (C=O) groups is 1. The molecule has 0 fully saturated rings. The van der Waals surface area contributed by atoms with Crippen molar-refractivity contribution >= 4 is 21.8 Å². The Hall–Kier alpha value is -2.35. The lowest BCUT2D eigenvalue weighted by atomic mass is 10.2. The van der Waals surface area contributed by atoms with Gasteiger partial charge in [0.15, 0.2) is 5.82 Å². The number of nitrogens with zero attached hydrogens (tertiary/aromatic N) is 2. The maximum Gasteiger partial charge on any atom is 0.343 e. The molecule has 0 aliphatic rings. The zero-order valence-corrected chi connectivity index (χ0v) is 15.2. The summed E-state index contributed by atoms with van der Waals surface area (Å²) in [7, 11) is -2.29. The number of hydrogen-bond donors (Lipinski definition) is 1.